The molecule has 0 fully saturated rings. The van der Waals surface area contributed by atoms with E-state index in [1.165, 1.54) is 34.9 Å². The van der Waals surface area contributed by atoms with E-state index in [2.05, 4.69) is 67.1 Å². The Hall–Kier alpha value is -0.340. The minimum atomic E-state index is 0.491. The van der Waals surface area contributed by atoms with E-state index in [0.717, 1.165) is 12.5 Å². The lowest BCUT2D eigenvalue weighted by Crippen LogP contribution is -2.21. The number of halogens is 1. The van der Waals surface area contributed by atoms with Gasteiger partial charge in [-0.1, -0.05) is 55.6 Å². The summed E-state index contributed by atoms with van der Waals surface area (Å²) >= 11 is 3.60. The van der Waals surface area contributed by atoms with Crippen LogP contribution in [-0.4, -0.2) is 6.54 Å². The van der Waals surface area contributed by atoms with Crippen molar-refractivity contribution in [3.63, 3.8) is 0 Å². The van der Waals surface area contributed by atoms with Crippen molar-refractivity contribution in [1.82, 2.24) is 5.32 Å². The Bertz CT molecular complexity index is 340. The molecular weight excluding hydrogens is 286 g/mol. The lowest BCUT2D eigenvalue weighted by Gasteiger charge is -2.20. The number of benzene rings is 1. The van der Waals surface area contributed by atoms with E-state index in [1.807, 2.05) is 0 Å². The molecule has 1 N–H and O–H groups in total. The summed E-state index contributed by atoms with van der Waals surface area (Å²) in [7, 11) is 0. The molecule has 0 amide bonds. The topological polar surface area (TPSA) is 12.0 Å². The lowest BCUT2D eigenvalue weighted by atomic mass is 9.97. The second-order valence-corrected chi connectivity index (χ2v) is 6.41. The highest BCUT2D eigenvalue weighted by atomic mass is 79.9. The van der Waals surface area contributed by atoms with Crippen molar-refractivity contribution in [3.8, 4) is 0 Å². The van der Waals surface area contributed by atoms with Crippen molar-refractivity contribution in [2.45, 2.75) is 53.0 Å². The third-order valence-corrected chi connectivity index (χ3v) is 3.65. The molecule has 0 radical (unpaired) electrons. The molecule has 0 aromatic heterocycles. The van der Waals surface area contributed by atoms with E-state index in [1.54, 1.807) is 0 Å². The molecule has 0 saturated carbocycles. The monoisotopic (exact) mass is 311 g/mol. The van der Waals surface area contributed by atoms with Crippen LogP contribution in [0.25, 0.3) is 0 Å². The zero-order chi connectivity index (χ0) is 13.5. The fraction of sp³-hybridized carbons (Fsp3) is 0.625. The van der Waals surface area contributed by atoms with Gasteiger partial charge < -0.3 is 5.32 Å². The second-order valence-electron chi connectivity index (χ2n) is 5.50. The zero-order valence-electron chi connectivity index (χ0n) is 12.1. The van der Waals surface area contributed by atoms with Crippen LogP contribution < -0.4 is 5.32 Å². The van der Waals surface area contributed by atoms with Gasteiger partial charge in [0.25, 0.3) is 0 Å². The standard InChI is InChI=1S/C16H26BrN/c1-5-18-16(8-6-7-12(2)3)14-9-13(4)10-15(17)11-14/h9-12,16,18H,5-8H2,1-4H3. The molecule has 2 heteroatoms. The quantitative estimate of drug-likeness (QED) is 0.726. The third-order valence-electron chi connectivity index (χ3n) is 3.19. The summed E-state index contributed by atoms with van der Waals surface area (Å²) in [6, 6.07) is 7.20. The number of hydrogen-bond acceptors (Lipinski definition) is 1. The SMILES string of the molecule is CCNC(CCCC(C)C)c1cc(C)cc(Br)c1. The van der Waals surface area contributed by atoms with Crippen molar-refractivity contribution in [1.29, 1.82) is 0 Å². The molecule has 0 bridgehead atoms. The first-order valence-corrected chi connectivity index (χ1v) is 7.82. The van der Waals surface area contributed by atoms with Crippen LogP contribution >= 0.6 is 15.9 Å². The zero-order valence-corrected chi connectivity index (χ0v) is 13.7. The highest BCUT2D eigenvalue weighted by Crippen LogP contribution is 2.25. The molecule has 102 valence electrons. The summed E-state index contributed by atoms with van der Waals surface area (Å²) in [6.45, 7) is 9.96. The first-order valence-electron chi connectivity index (χ1n) is 7.03. The molecule has 18 heavy (non-hydrogen) atoms. The van der Waals surface area contributed by atoms with Gasteiger partial charge in [-0.15, -0.1) is 0 Å². The van der Waals surface area contributed by atoms with E-state index in [0.29, 0.717) is 6.04 Å². The molecule has 0 aliphatic carbocycles. The summed E-state index contributed by atoms with van der Waals surface area (Å²) in [6.07, 6.45) is 3.83. The van der Waals surface area contributed by atoms with Gasteiger partial charge in [-0.3, -0.25) is 0 Å². The minimum Gasteiger partial charge on any atom is -0.310 e. The lowest BCUT2D eigenvalue weighted by molar-refractivity contribution is 0.455. The Morgan fingerprint density at radius 2 is 1.89 bits per heavy atom. The van der Waals surface area contributed by atoms with Crippen molar-refractivity contribution in [2.75, 3.05) is 6.54 Å². The van der Waals surface area contributed by atoms with Crippen LogP contribution in [0, 0.1) is 12.8 Å². The Labute approximate surface area is 120 Å². The maximum Gasteiger partial charge on any atom is 0.0320 e. The number of aryl methyl sites for hydroxylation is 1. The van der Waals surface area contributed by atoms with Crippen molar-refractivity contribution in [3.05, 3.63) is 33.8 Å². The highest BCUT2D eigenvalue weighted by Gasteiger charge is 2.11. The van der Waals surface area contributed by atoms with Crippen LogP contribution in [0.5, 0.6) is 0 Å². The predicted molar refractivity (Wildman–Crippen MR) is 84.0 cm³/mol. The van der Waals surface area contributed by atoms with Crippen molar-refractivity contribution >= 4 is 15.9 Å². The van der Waals surface area contributed by atoms with Crippen molar-refractivity contribution in [2.24, 2.45) is 5.92 Å². The smallest absolute Gasteiger partial charge is 0.0320 e. The molecule has 0 spiro atoms. The Morgan fingerprint density at radius 1 is 1.17 bits per heavy atom. The molecule has 0 heterocycles. The summed E-state index contributed by atoms with van der Waals surface area (Å²) in [5, 5.41) is 3.61. The van der Waals surface area contributed by atoms with Gasteiger partial charge >= 0.3 is 0 Å². The molecular formula is C16H26BrN. The molecule has 1 nitrogen and oxygen atoms in total. The first kappa shape index (κ1) is 15.7. The fourth-order valence-electron chi connectivity index (χ4n) is 2.33. The van der Waals surface area contributed by atoms with Crippen LogP contribution in [-0.2, 0) is 0 Å². The van der Waals surface area contributed by atoms with Crippen LogP contribution in [0.15, 0.2) is 22.7 Å². The maximum absolute atomic E-state index is 3.61. The van der Waals surface area contributed by atoms with Gasteiger partial charge in [-0.05, 0) is 49.1 Å². The van der Waals surface area contributed by atoms with Crippen LogP contribution in [0.2, 0.25) is 0 Å². The Kier molecular flexibility index (Phi) is 6.95. The molecule has 1 atom stereocenters. The van der Waals surface area contributed by atoms with Crippen molar-refractivity contribution < 1.29 is 0 Å². The van der Waals surface area contributed by atoms with E-state index in [4.69, 9.17) is 0 Å². The molecule has 1 rings (SSSR count). The Morgan fingerprint density at radius 3 is 2.44 bits per heavy atom. The number of hydrogen-bond donors (Lipinski definition) is 1. The van der Waals surface area contributed by atoms with Crippen LogP contribution in [0.4, 0.5) is 0 Å². The molecule has 1 aromatic rings. The van der Waals surface area contributed by atoms with Gasteiger partial charge in [0.2, 0.25) is 0 Å². The van der Waals surface area contributed by atoms with E-state index < -0.39 is 0 Å². The third kappa shape index (κ3) is 5.53. The normalized spacial score (nSPS) is 13.0. The predicted octanol–water partition coefficient (Wildman–Crippen LogP) is 5.23. The van der Waals surface area contributed by atoms with Gasteiger partial charge in [-0.25, -0.2) is 0 Å². The number of rotatable bonds is 7. The van der Waals surface area contributed by atoms with Gasteiger partial charge in [-0.2, -0.15) is 0 Å². The van der Waals surface area contributed by atoms with Crippen LogP contribution in [0.3, 0.4) is 0 Å². The second kappa shape index (κ2) is 7.96. The molecule has 0 saturated heterocycles. The fourth-order valence-corrected chi connectivity index (χ4v) is 2.95. The highest BCUT2D eigenvalue weighted by molar-refractivity contribution is 9.10. The Balaban J connectivity index is 2.70. The van der Waals surface area contributed by atoms with Gasteiger partial charge in [0.1, 0.15) is 0 Å². The van der Waals surface area contributed by atoms with E-state index >= 15 is 0 Å². The molecule has 1 aromatic carbocycles. The van der Waals surface area contributed by atoms with Gasteiger partial charge in [0, 0.05) is 10.5 Å². The molecule has 0 aliphatic heterocycles. The first-order chi connectivity index (χ1) is 8.52. The van der Waals surface area contributed by atoms with Gasteiger partial charge in [0.05, 0.1) is 0 Å². The van der Waals surface area contributed by atoms with Crippen LogP contribution in [0.1, 0.15) is 57.2 Å². The summed E-state index contributed by atoms with van der Waals surface area (Å²) in [5.74, 6) is 0.802. The van der Waals surface area contributed by atoms with Gasteiger partial charge in [0.15, 0.2) is 0 Å². The van der Waals surface area contributed by atoms with E-state index in [9.17, 15) is 0 Å². The summed E-state index contributed by atoms with van der Waals surface area (Å²) in [4.78, 5) is 0. The number of nitrogens with one attached hydrogen (secondary N) is 1. The molecule has 0 aliphatic rings. The molecule has 1 unspecified atom stereocenters. The largest absolute Gasteiger partial charge is 0.310 e. The van der Waals surface area contributed by atoms with E-state index in [-0.39, 0.29) is 0 Å². The average Bonchev–Trinajstić information content (AvgIpc) is 2.26. The minimum absolute atomic E-state index is 0.491. The summed E-state index contributed by atoms with van der Waals surface area (Å²) < 4.78 is 1.18. The average molecular weight is 312 g/mol. The maximum atomic E-state index is 3.61. The summed E-state index contributed by atoms with van der Waals surface area (Å²) in [5.41, 5.74) is 2.73.